The molecular weight excluding hydrogens is 250 g/mol. The Kier molecular flexibility index (Phi) is 6.08. The second-order valence-corrected chi connectivity index (χ2v) is 8.32. The minimum Gasteiger partial charge on any atom is -0.229 e. The third-order valence-electron chi connectivity index (χ3n) is 3.68. The Hall–Kier alpha value is -0.130. The zero-order valence-corrected chi connectivity index (χ0v) is 12.6. The van der Waals surface area contributed by atoms with Crippen LogP contribution < -0.4 is 0 Å². The Morgan fingerprint density at radius 2 is 1.72 bits per heavy atom. The van der Waals surface area contributed by atoms with Crippen molar-refractivity contribution in [3.63, 3.8) is 0 Å². The van der Waals surface area contributed by atoms with Crippen LogP contribution in [0.2, 0.25) is 0 Å². The molecule has 0 amide bonds. The number of rotatable bonds is 7. The lowest BCUT2D eigenvalue weighted by atomic mass is 10.1. The smallest absolute Gasteiger partial charge is 0.150 e. The van der Waals surface area contributed by atoms with E-state index < -0.39 is 9.84 Å². The summed E-state index contributed by atoms with van der Waals surface area (Å²) in [6.45, 7) is 6.23. The second-order valence-electron chi connectivity index (χ2n) is 6.01. The predicted molar refractivity (Wildman–Crippen MR) is 73.2 cm³/mol. The van der Waals surface area contributed by atoms with Crippen molar-refractivity contribution in [3.8, 4) is 0 Å². The van der Waals surface area contributed by atoms with Crippen LogP contribution in [0.1, 0.15) is 46.0 Å². The van der Waals surface area contributed by atoms with Gasteiger partial charge in [0.05, 0.1) is 11.5 Å². The molecule has 1 aliphatic heterocycles. The molecule has 1 saturated heterocycles. The average molecular weight is 278 g/mol. The molecule has 0 saturated carbocycles. The van der Waals surface area contributed by atoms with Gasteiger partial charge < -0.3 is 0 Å². The fraction of sp³-hybridized carbons (Fsp3) is 1.00. The van der Waals surface area contributed by atoms with Crippen LogP contribution >= 0.6 is 0 Å². The lowest BCUT2D eigenvalue weighted by molar-refractivity contribution is -1.10. The van der Waals surface area contributed by atoms with E-state index >= 15 is 0 Å². The third kappa shape index (κ3) is 6.16. The fourth-order valence-electron chi connectivity index (χ4n) is 2.42. The number of piperidine rings is 1. The summed E-state index contributed by atoms with van der Waals surface area (Å²) in [6, 6.07) is 0. The maximum Gasteiger partial charge on any atom is 0.150 e. The number of hydrogen-bond acceptors (Lipinski definition) is 3. The summed E-state index contributed by atoms with van der Waals surface area (Å²) in [7, 11) is -2.93. The first-order chi connectivity index (χ1) is 8.33. The van der Waals surface area contributed by atoms with Crippen molar-refractivity contribution in [3.05, 3.63) is 0 Å². The Morgan fingerprint density at radius 3 is 2.28 bits per heavy atom. The third-order valence-corrected chi connectivity index (χ3v) is 5.45. The van der Waals surface area contributed by atoms with Crippen molar-refractivity contribution < 1.29 is 18.3 Å². The van der Waals surface area contributed by atoms with Gasteiger partial charge >= 0.3 is 0 Å². The molecule has 0 atom stereocenters. The number of likely N-dealkylation sites (tertiary alicyclic amines) is 1. The van der Waals surface area contributed by atoms with Crippen LogP contribution in [-0.2, 0) is 9.84 Å². The van der Waals surface area contributed by atoms with Crippen LogP contribution in [0.3, 0.4) is 0 Å². The van der Waals surface area contributed by atoms with Crippen molar-refractivity contribution in [2.45, 2.75) is 46.0 Å². The van der Waals surface area contributed by atoms with Gasteiger partial charge in [0, 0.05) is 6.42 Å². The molecule has 0 unspecified atom stereocenters. The van der Waals surface area contributed by atoms with Gasteiger partial charge in [-0.3, -0.25) is 0 Å². The zero-order chi connectivity index (χ0) is 13.6. The molecule has 0 aromatic carbocycles. The maximum absolute atomic E-state index is 11.8. The van der Waals surface area contributed by atoms with Gasteiger partial charge in [0.25, 0.3) is 0 Å². The highest BCUT2D eigenvalue weighted by atomic mass is 32.2. The van der Waals surface area contributed by atoms with E-state index in [-0.39, 0.29) is 16.2 Å². The summed E-state index contributed by atoms with van der Waals surface area (Å²) in [5, 5.41) is 10.2. The summed E-state index contributed by atoms with van der Waals surface area (Å²) < 4.78 is 23.7. The second kappa shape index (κ2) is 6.87. The van der Waals surface area contributed by atoms with Crippen LogP contribution in [0.4, 0.5) is 0 Å². The first-order valence-corrected chi connectivity index (χ1v) is 8.94. The molecule has 1 heterocycles. The zero-order valence-electron chi connectivity index (χ0n) is 11.8. The lowest BCUT2D eigenvalue weighted by Crippen LogP contribution is -2.49. The summed E-state index contributed by atoms with van der Waals surface area (Å²) >= 11 is 0. The van der Waals surface area contributed by atoms with E-state index in [2.05, 4.69) is 0 Å². The molecule has 1 aliphatic rings. The van der Waals surface area contributed by atoms with Crippen LogP contribution in [0, 0.1) is 5.92 Å². The first-order valence-electron chi connectivity index (χ1n) is 7.12. The van der Waals surface area contributed by atoms with Crippen molar-refractivity contribution >= 4 is 9.84 Å². The number of quaternary nitrogens is 1. The topological polar surface area (TPSA) is 54.4 Å². The van der Waals surface area contributed by atoms with Gasteiger partial charge in [0.2, 0.25) is 0 Å². The average Bonchev–Trinajstić information content (AvgIpc) is 2.27. The molecule has 1 rings (SSSR count). The molecule has 18 heavy (non-hydrogen) atoms. The number of hydroxylamine groups is 3. The normalized spacial score (nSPS) is 20.2. The van der Waals surface area contributed by atoms with Gasteiger partial charge in [-0.2, -0.15) is 4.65 Å². The molecule has 0 aromatic heterocycles. The summed E-state index contributed by atoms with van der Waals surface area (Å²) in [4.78, 5) is 0. The standard InChI is InChI=1S/C13H28NO3S/c1-13(2)7-12-18(16,17)11-6-10-14(15)8-4-3-5-9-14/h13,15H,3-12H2,1-2H3/q+1. The molecule has 0 radical (unpaired) electrons. The van der Waals surface area contributed by atoms with Gasteiger partial charge in [0.15, 0.2) is 9.84 Å². The van der Waals surface area contributed by atoms with Gasteiger partial charge in [-0.05, 0) is 31.6 Å². The number of nitrogens with zero attached hydrogens (tertiary/aromatic N) is 1. The minimum atomic E-state index is -2.93. The fourth-order valence-corrected chi connectivity index (χ4v) is 4.02. The van der Waals surface area contributed by atoms with E-state index in [1.807, 2.05) is 13.8 Å². The molecule has 5 heteroatoms. The summed E-state index contributed by atoms with van der Waals surface area (Å²) in [5.74, 6) is 0.939. The maximum atomic E-state index is 11.8. The van der Waals surface area contributed by atoms with Gasteiger partial charge in [-0.1, -0.05) is 13.8 Å². The van der Waals surface area contributed by atoms with Gasteiger partial charge in [-0.15, -0.1) is 0 Å². The van der Waals surface area contributed by atoms with Crippen molar-refractivity contribution in [1.29, 1.82) is 0 Å². The Morgan fingerprint density at radius 1 is 1.11 bits per heavy atom. The van der Waals surface area contributed by atoms with E-state index in [0.29, 0.717) is 18.9 Å². The van der Waals surface area contributed by atoms with E-state index in [4.69, 9.17) is 0 Å². The van der Waals surface area contributed by atoms with E-state index in [1.165, 1.54) is 6.42 Å². The Labute approximate surface area is 111 Å². The molecule has 0 bridgehead atoms. The molecular formula is C13H28NO3S+. The predicted octanol–water partition coefficient (Wildman–Crippen LogP) is 2.23. The van der Waals surface area contributed by atoms with E-state index in [0.717, 1.165) is 32.4 Å². The van der Waals surface area contributed by atoms with Crippen molar-refractivity contribution in [1.82, 2.24) is 0 Å². The highest BCUT2D eigenvalue weighted by molar-refractivity contribution is 7.91. The highest BCUT2D eigenvalue weighted by Crippen LogP contribution is 2.16. The van der Waals surface area contributed by atoms with E-state index in [1.54, 1.807) is 0 Å². The molecule has 4 nitrogen and oxygen atoms in total. The monoisotopic (exact) mass is 278 g/mol. The number of hydrogen-bond donors (Lipinski definition) is 1. The lowest BCUT2D eigenvalue weighted by Gasteiger charge is -2.33. The van der Waals surface area contributed by atoms with Crippen LogP contribution in [0.5, 0.6) is 0 Å². The van der Waals surface area contributed by atoms with Crippen LogP contribution in [0.15, 0.2) is 0 Å². The molecule has 0 aromatic rings. The van der Waals surface area contributed by atoms with Gasteiger partial charge in [-0.25, -0.2) is 13.6 Å². The summed E-state index contributed by atoms with van der Waals surface area (Å²) in [5.41, 5.74) is 0. The molecule has 108 valence electrons. The first kappa shape index (κ1) is 15.9. The van der Waals surface area contributed by atoms with Crippen molar-refractivity contribution in [2.24, 2.45) is 5.92 Å². The largest absolute Gasteiger partial charge is 0.229 e. The Bertz CT molecular complexity index is 332. The SMILES string of the molecule is CC(C)CCS(=O)(=O)CCC[N+]1(O)CCCCC1. The quantitative estimate of drug-likeness (QED) is 0.727. The Balaban J connectivity index is 2.27. The highest BCUT2D eigenvalue weighted by Gasteiger charge is 2.28. The van der Waals surface area contributed by atoms with Crippen LogP contribution in [0.25, 0.3) is 0 Å². The molecule has 0 spiro atoms. The molecule has 0 aliphatic carbocycles. The minimum absolute atomic E-state index is 0.0830. The van der Waals surface area contributed by atoms with Crippen LogP contribution in [-0.4, -0.2) is 49.4 Å². The molecule has 1 N–H and O–H groups in total. The molecule has 1 fully saturated rings. The van der Waals surface area contributed by atoms with Gasteiger partial charge in [0.1, 0.15) is 19.6 Å². The number of sulfone groups is 1. The summed E-state index contributed by atoms with van der Waals surface area (Å²) in [6.07, 6.45) is 4.61. The van der Waals surface area contributed by atoms with Crippen molar-refractivity contribution in [2.75, 3.05) is 31.1 Å². The van der Waals surface area contributed by atoms with E-state index in [9.17, 15) is 13.6 Å².